The minimum absolute atomic E-state index is 0.139. The van der Waals surface area contributed by atoms with Gasteiger partial charge in [-0.15, -0.1) is 0 Å². The lowest BCUT2D eigenvalue weighted by Crippen LogP contribution is -2.54. The van der Waals surface area contributed by atoms with Crippen molar-refractivity contribution in [2.75, 3.05) is 11.5 Å². The summed E-state index contributed by atoms with van der Waals surface area (Å²) in [7, 11) is 0. The number of nitrogens with one attached hydrogen (secondary N) is 1. The fourth-order valence-electron chi connectivity index (χ4n) is 4.23. The zero-order chi connectivity index (χ0) is 28.6. The minimum Gasteiger partial charge on any atom is -0.490 e. The van der Waals surface area contributed by atoms with E-state index in [1.807, 2.05) is 55.5 Å². The van der Waals surface area contributed by atoms with Crippen LogP contribution in [0.5, 0.6) is 17.2 Å². The SMILES string of the molecule is CCOc1cc(COc2ccc(/C=C3/C(=O)NC(=O)N(c4ccccc4)C3=O)cc2)ccc1OCc1ccccc1. The lowest BCUT2D eigenvalue weighted by Gasteiger charge is -2.26. The van der Waals surface area contributed by atoms with Crippen LogP contribution in [-0.2, 0) is 22.8 Å². The highest BCUT2D eigenvalue weighted by atomic mass is 16.5. The summed E-state index contributed by atoms with van der Waals surface area (Å²) < 4.78 is 17.7. The predicted molar refractivity (Wildman–Crippen MR) is 155 cm³/mol. The molecule has 0 saturated carbocycles. The van der Waals surface area contributed by atoms with Crippen LogP contribution in [0, 0.1) is 0 Å². The molecule has 4 aromatic carbocycles. The molecule has 1 aliphatic rings. The Morgan fingerprint density at radius 1 is 0.707 bits per heavy atom. The number of rotatable bonds is 10. The Labute approximate surface area is 237 Å². The number of nitrogens with zero attached hydrogens (tertiary/aromatic N) is 1. The Morgan fingerprint density at radius 3 is 2.10 bits per heavy atom. The fourth-order valence-corrected chi connectivity index (χ4v) is 4.23. The molecule has 1 N–H and O–H groups in total. The number of barbiturate groups is 1. The van der Waals surface area contributed by atoms with Gasteiger partial charge in [-0.2, -0.15) is 0 Å². The molecule has 1 heterocycles. The summed E-state index contributed by atoms with van der Waals surface area (Å²) in [5, 5.41) is 2.23. The van der Waals surface area contributed by atoms with Gasteiger partial charge in [0.25, 0.3) is 11.8 Å². The molecular weight excluding hydrogens is 520 g/mol. The highest BCUT2D eigenvalue weighted by Gasteiger charge is 2.36. The first kappa shape index (κ1) is 27.2. The van der Waals surface area contributed by atoms with Crippen LogP contribution in [0.2, 0.25) is 0 Å². The smallest absolute Gasteiger partial charge is 0.335 e. The van der Waals surface area contributed by atoms with Crippen LogP contribution in [0.4, 0.5) is 10.5 Å². The molecule has 0 atom stereocenters. The molecule has 8 heteroatoms. The van der Waals surface area contributed by atoms with Crippen LogP contribution >= 0.6 is 0 Å². The molecule has 0 spiro atoms. The fraction of sp³-hybridized carbons (Fsp3) is 0.121. The van der Waals surface area contributed by atoms with Gasteiger partial charge in [0.05, 0.1) is 12.3 Å². The number of carbonyl (C=O) groups excluding carboxylic acids is 3. The van der Waals surface area contributed by atoms with Crippen LogP contribution in [0.15, 0.2) is 109 Å². The molecular formula is C33H28N2O6. The summed E-state index contributed by atoms with van der Waals surface area (Å²) in [6.07, 6.45) is 1.45. The average molecular weight is 549 g/mol. The van der Waals surface area contributed by atoms with Crippen molar-refractivity contribution in [3.8, 4) is 17.2 Å². The van der Waals surface area contributed by atoms with Gasteiger partial charge in [0.1, 0.15) is 24.5 Å². The van der Waals surface area contributed by atoms with Gasteiger partial charge in [0, 0.05) is 0 Å². The number of para-hydroxylation sites is 1. The standard InChI is InChI=1S/C33H28N2O6/c1-2-39-30-20-25(15-18-29(30)41-21-24-9-5-3-6-10-24)22-40-27-16-13-23(14-17-27)19-28-31(36)34-33(38)35(32(28)37)26-11-7-4-8-12-26/h3-20H,2,21-22H2,1H3,(H,34,36,38)/b28-19-. The normalized spacial score (nSPS) is 14.1. The lowest BCUT2D eigenvalue weighted by atomic mass is 10.1. The molecule has 0 bridgehead atoms. The molecule has 1 aliphatic heterocycles. The minimum atomic E-state index is -0.782. The summed E-state index contributed by atoms with van der Waals surface area (Å²) in [5.41, 5.74) is 2.82. The summed E-state index contributed by atoms with van der Waals surface area (Å²) >= 11 is 0. The van der Waals surface area contributed by atoms with E-state index in [-0.39, 0.29) is 5.57 Å². The lowest BCUT2D eigenvalue weighted by molar-refractivity contribution is -0.122. The number of hydrogen-bond acceptors (Lipinski definition) is 6. The van der Waals surface area contributed by atoms with Gasteiger partial charge in [-0.3, -0.25) is 14.9 Å². The molecule has 0 radical (unpaired) electrons. The highest BCUT2D eigenvalue weighted by molar-refractivity contribution is 6.39. The van der Waals surface area contributed by atoms with Crippen molar-refractivity contribution in [1.29, 1.82) is 0 Å². The third-order valence-corrected chi connectivity index (χ3v) is 6.26. The van der Waals surface area contributed by atoms with Crippen LogP contribution in [0.25, 0.3) is 6.08 Å². The van der Waals surface area contributed by atoms with E-state index >= 15 is 0 Å². The Hall–Kier alpha value is -5.37. The van der Waals surface area contributed by atoms with Gasteiger partial charge >= 0.3 is 6.03 Å². The molecule has 1 fully saturated rings. The van der Waals surface area contributed by atoms with Crippen molar-refractivity contribution in [1.82, 2.24) is 5.32 Å². The van der Waals surface area contributed by atoms with Crippen molar-refractivity contribution in [2.45, 2.75) is 20.1 Å². The number of imide groups is 2. The maximum atomic E-state index is 13.0. The second kappa shape index (κ2) is 12.7. The van der Waals surface area contributed by atoms with Gasteiger partial charge in [-0.25, -0.2) is 9.69 Å². The second-order valence-corrected chi connectivity index (χ2v) is 9.14. The van der Waals surface area contributed by atoms with E-state index in [1.165, 1.54) is 6.08 Å². The summed E-state index contributed by atoms with van der Waals surface area (Å²) in [5.74, 6) is 0.478. The molecule has 0 unspecified atom stereocenters. The van der Waals surface area contributed by atoms with Crippen LogP contribution in [0.3, 0.4) is 0 Å². The Morgan fingerprint density at radius 2 is 1.39 bits per heavy atom. The molecule has 5 rings (SSSR count). The van der Waals surface area contributed by atoms with Crippen molar-refractivity contribution >= 4 is 29.6 Å². The van der Waals surface area contributed by atoms with Crippen LogP contribution in [0.1, 0.15) is 23.6 Å². The summed E-state index contributed by atoms with van der Waals surface area (Å²) in [6, 6.07) is 30.2. The van der Waals surface area contributed by atoms with E-state index in [2.05, 4.69) is 5.32 Å². The number of benzene rings is 4. The first-order chi connectivity index (χ1) is 20.0. The Kier molecular flexibility index (Phi) is 8.40. The van der Waals surface area contributed by atoms with Crippen molar-refractivity contribution in [3.63, 3.8) is 0 Å². The van der Waals surface area contributed by atoms with E-state index in [1.54, 1.807) is 54.6 Å². The third-order valence-electron chi connectivity index (χ3n) is 6.26. The number of amides is 4. The molecule has 0 aliphatic carbocycles. The van der Waals surface area contributed by atoms with Crippen LogP contribution < -0.4 is 24.4 Å². The van der Waals surface area contributed by atoms with E-state index in [0.717, 1.165) is 16.0 Å². The topological polar surface area (TPSA) is 94.2 Å². The van der Waals surface area contributed by atoms with E-state index < -0.39 is 17.8 Å². The summed E-state index contributed by atoms with van der Waals surface area (Å²) in [4.78, 5) is 38.7. The predicted octanol–water partition coefficient (Wildman–Crippen LogP) is 5.91. The van der Waals surface area contributed by atoms with Gasteiger partial charge in [-0.05, 0) is 66.1 Å². The largest absolute Gasteiger partial charge is 0.490 e. The Balaban J connectivity index is 1.24. The number of hydrogen-bond donors (Lipinski definition) is 1. The van der Waals surface area contributed by atoms with Crippen LogP contribution in [-0.4, -0.2) is 24.5 Å². The van der Waals surface area contributed by atoms with E-state index in [4.69, 9.17) is 14.2 Å². The maximum Gasteiger partial charge on any atom is 0.335 e. The van der Waals surface area contributed by atoms with Gasteiger partial charge in [0.2, 0.25) is 0 Å². The molecule has 206 valence electrons. The number of carbonyl (C=O) groups is 3. The molecule has 41 heavy (non-hydrogen) atoms. The van der Waals surface area contributed by atoms with Crippen molar-refractivity contribution in [3.05, 3.63) is 125 Å². The molecule has 8 nitrogen and oxygen atoms in total. The monoisotopic (exact) mass is 548 g/mol. The first-order valence-corrected chi connectivity index (χ1v) is 13.1. The van der Waals surface area contributed by atoms with Gasteiger partial charge in [0.15, 0.2) is 11.5 Å². The zero-order valence-electron chi connectivity index (χ0n) is 22.4. The molecule has 4 aromatic rings. The van der Waals surface area contributed by atoms with Crippen molar-refractivity contribution in [2.24, 2.45) is 0 Å². The zero-order valence-corrected chi connectivity index (χ0v) is 22.4. The van der Waals surface area contributed by atoms with Gasteiger partial charge < -0.3 is 14.2 Å². The number of urea groups is 1. The van der Waals surface area contributed by atoms with Gasteiger partial charge in [-0.1, -0.05) is 66.7 Å². The highest BCUT2D eigenvalue weighted by Crippen LogP contribution is 2.30. The van der Waals surface area contributed by atoms with E-state index in [0.29, 0.717) is 48.3 Å². The maximum absolute atomic E-state index is 13.0. The molecule has 4 amide bonds. The third kappa shape index (κ3) is 6.62. The number of anilines is 1. The quantitative estimate of drug-likeness (QED) is 0.196. The van der Waals surface area contributed by atoms with Crippen molar-refractivity contribution < 1.29 is 28.6 Å². The van der Waals surface area contributed by atoms with E-state index in [9.17, 15) is 14.4 Å². The average Bonchev–Trinajstić information content (AvgIpc) is 2.99. The first-order valence-electron chi connectivity index (χ1n) is 13.1. The Bertz CT molecular complexity index is 1570. The molecule has 0 aromatic heterocycles. The second-order valence-electron chi connectivity index (χ2n) is 9.14. The number of ether oxygens (including phenoxy) is 3. The summed E-state index contributed by atoms with van der Waals surface area (Å²) in [6.45, 7) is 3.16. The molecule has 1 saturated heterocycles.